The molecule has 0 spiro atoms. The lowest BCUT2D eigenvalue weighted by molar-refractivity contribution is 0.0451. The molecule has 1 heterocycles. The van der Waals surface area contributed by atoms with E-state index in [1.54, 1.807) is 0 Å². The van der Waals surface area contributed by atoms with Gasteiger partial charge in [0, 0.05) is 0 Å². The van der Waals surface area contributed by atoms with Gasteiger partial charge in [-0.25, -0.2) is 0 Å². The molecule has 1 aliphatic heterocycles. The second-order valence-electron chi connectivity index (χ2n) is 5.28. The highest BCUT2D eigenvalue weighted by molar-refractivity contribution is 4.87. The maximum absolute atomic E-state index is 9.91. The van der Waals surface area contributed by atoms with Gasteiger partial charge in [0.25, 0.3) is 0 Å². The second kappa shape index (κ2) is 4.19. The summed E-state index contributed by atoms with van der Waals surface area (Å²) < 4.78 is 5.15. The van der Waals surface area contributed by atoms with Crippen LogP contribution in [-0.4, -0.2) is 23.9 Å². The molecular weight excluding hydrogens is 176 g/mol. The number of ether oxygens (including phenoxy) is 1. The molecule has 0 amide bonds. The van der Waals surface area contributed by atoms with Gasteiger partial charge in [-0.05, 0) is 43.4 Å². The van der Waals surface area contributed by atoms with E-state index >= 15 is 0 Å². The van der Waals surface area contributed by atoms with Gasteiger partial charge in [-0.3, -0.25) is 0 Å². The van der Waals surface area contributed by atoms with Crippen molar-refractivity contribution in [2.45, 2.75) is 51.7 Å². The summed E-state index contributed by atoms with van der Waals surface area (Å²) in [4.78, 5) is 0. The molecule has 2 unspecified atom stereocenters. The van der Waals surface area contributed by atoms with Crippen molar-refractivity contribution in [2.24, 2.45) is 17.8 Å². The highest BCUT2D eigenvalue weighted by Crippen LogP contribution is 2.37. The summed E-state index contributed by atoms with van der Waals surface area (Å²) in [6, 6.07) is 0. The average Bonchev–Trinajstić information content (AvgIpc) is 3.00. The van der Waals surface area contributed by atoms with E-state index in [1.807, 2.05) is 0 Å². The maximum atomic E-state index is 9.91. The van der Waals surface area contributed by atoms with E-state index in [1.165, 1.54) is 25.7 Å². The van der Waals surface area contributed by atoms with E-state index in [2.05, 4.69) is 13.8 Å². The van der Waals surface area contributed by atoms with Crippen LogP contribution in [0.15, 0.2) is 0 Å². The lowest BCUT2D eigenvalue weighted by atomic mass is 9.75. The largest absolute Gasteiger partial charge is 0.390 e. The monoisotopic (exact) mass is 198 g/mol. The molecule has 0 aromatic carbocycles. The van der Waals surface area contributed by atoms with Gasteiger partial charge >= 0.3 is 0 Å². The molecule has 2 aliphatic rings. The Hall–Kier alpha value is -0.0800. The summed E-state index contributed by atoms with van der Waals surface area (Å²) in [5.74, 6) is 2.21. The Morgan fingerprint density at radius 2 is 1.57 bits per heavy atom. The third kappa shape index (κ3) is 2.29. The Kier molecular flexibility index (Phi) is 3.13. The van der Waals surface area contributed by atoms with Crippen LogP contribution in [0.1, 0.15) is 39.5 Å². The summed E-state index contributed by atoms with van der Waals surface area (Å²) in [6.07, 6.45) is 4.99. The SMILES string of the molecule is CC(C)C1CCC(C(O)C2CO2)CC1. The fourth-order valence-electron chi connectivity index (χ4n) is 2.71. The molecule has 2 nitrogen and oxygen atoms in total. The van der Waals surface area contributed by atoms with Crippen molar-refractivity contribution in [3.63, 3.8) is 0 Å². The number of aliphatic hydroxyl groups is 1. The zero-order valence-corrected chi connectivity index (χ0v) is 9.28. The first-order chi connectivity index (χ1) is 6.68. The van der Waals surface area contributed by atoms with Gasteiger partial charge in [0.1, 0.15) is 6.10 Å². The van der Waals surface area contributed by atoms with Crippen LogP contribution in [0.2, 0.25) is 0 Å². The van der Waals surface area contributed by atoms with E-state index < -0.39 is 0 Å². The average molecular weight is 198 g/mol. The third-order valence-corrected chi connectivity index (χ3v) is 3.98. The molecule has 0 aromatic rings. The minimum atomic E-state index is -0.178. The van der Waals surface area contributed by atoms with E-state index in [0.717, 1.165) is 18.4 Å². The maximum Gasteiger partial charge on any atom is 0.107 e. The molecule has 0 bridgehead atoms. The Labute approximate surface area is 86.6 Å². The second-order valence-corrected chi connectivity index (χ2v) is 5.28. The highest BCUT2D eigenvalue weighted by atomic mass is 16.6. The molecule has 1 N–H and O–H groups in total. The molecular formula is C12H22O2. The van der Waals surface area contributed by atoms with Crippen molar-refractivity contribution in [1.82, 2.24) is 0 Å². The van der Waals surface area contributed by atoms with Crippen LogP contribution >= 0.6 is 0 Å². The minimum absolute atomic E-state index is 0.176. The summed E-state index contributed by atoms with van der Waals surface area (Å²) in [6.45, 7) is 5.40. The molecule has 82 valence electrons. The van der Waals surface area contributed by atoms with E-state index in [9.17, 15) is 5.11 Å². The third-order valence-electron chi connectivity index (χ3n) is 3.98. The number of aliphatic hydroxyl groups excluding tert-OH is 1. The summed E-state index contributed by atoms with van der Waals surface area (Å²) >= 11 is 0. The Bertz CT molecular complexity index is 179. The summed E-state index contributed by atoms with van der Waals surface area (Å²) in [7, 11) is 0. The van der Waals surface area contributed by atoms with E-state index in [0.29, 0.717) is 5.92 Å². The van der Waals surface area contributed by atoms with Gasteiger partial charge < -0.3 is 9.84 Å². The zero-order valence-electron chi connectivity index (χ0n) is 9.28. The minimum Gasteiger partial charge on any atom is -0.390 e. The summed E-state index contributed by atoms with van der Waals surface area (Å²) in [5, 5.41) is 9.91. The molecule has 1 aliphatic carbocycles. The Morgan fingerprint density at radius 3 is 2.00 bits per heavy atom. The van der Waals surface area contributed by atoms with Crippen LogP contribution in [-0.2, 0) is 4.74 Å². The first kappa shape index (κ1) is 10.4. The van der Waals surface area contributed by atoms with E-state index in [4.69, 9.17) is 4.74 Å². The first-order valence-corrected chi connectivity index (χ1v) is 5.98. The van der Waals surface area contributed by atoms with Crippen LogP contribution in [0.3, 0.4) is 0 Å². The predicted octanol–water partition coefficient (Wildman–Crippen LogP) is 2.21. The molecule has 0 aromatic heterocycles. The van der Waals surface area contributed by atoms with Crippen molar-refractivity contribution in [2.75, 3.05) is 6.61 Å². The zero-order chi connectivity index (χ0) is 10.1. The molecule has 14 heavy (non-hydrogen) atoms. The Balaban J connectivity index is 1.77. The molecule has 1 saturated heterocycles. The fourth-order valence-corrected chi connectivity index (χ4v) is 2.71. The fraction of sp³-hybridized carbons (Fsp3) is 1.00. The van der Waals surface area contributed by atoms with E-state index in [-0.39, 0.29) is 12.2 Å². The quantitative estimate of drug-likeness (QED) is 0.705. The van der Waals surface area contributed by atoms with Gasteiger partial charge in [-0.15, -0.1) is 0 Å². The molecule has 0 radical (unpaired) electrons. The lowest BCUT2D eigenvalue weighted by Crippen LogP contribution is -2.30. The van der Waals surface area contributed by atoms with Crippen molar-refractivity contribution < 1.29 is 9.84 Å². The summed E-state index contributed by atoms with van der Waals surface area (Å²) in [5.41, 5.74) is 0. The number of epoxide rings is 1. The van der Waals surface area contributed by atoms with Gasteiger partial charge in [-0.2, -0.15) is 0 Å². The standard InChI is InChI=1S/C12H22O2/c1-8(2)9-3-5-10(6-4-9)12(13)11-7-14-11/h8-13H,3-7H2,1-2H3. The van der Waals surface area contributed by atoms with Gasteiger partial charge in [0.05, 0.1) is 12.7 Å². The van der Waals surface area contributed by atoms with Crippen LogP contribution in [0, 0.1) is 17.8 Å². The van der Waals surface area contributed by atoms with Crippen LogP contribution in [0.4, 0.5) is 0 Å². The van der Waals surface area contributed by atoms with Gasteiger partial charge in [0.2, 0.25) is 0 Å². The van der Waals surface area contributed by atoms with Crippen molar-refractivity contribution in [3.8, 4) is 0 Å². The highest BCUT2D eigenvalue weighted by Gasteiger charge is 2.38. The predicted molar refractivity (Wildman–Crippen MR) is 56.0 cm³/mol. The molecule has 2 atom stereocenters. The van der Waals surface area contributed by atoms with Crippen molar-refractivity contribution >= 4 is 0 Å². The Morgan fingerprint density at radius 1 is 1.07 bits per heavy atom. The van der Waals surface area contributed by atoms with Crippen LogP contribution in [0.25, 0.3) is 0 Å². The molecule has 2 rings (SSSR count). The first-order valence-electron chi connectivity index (χ1n) is 5.98. The van der Waals surface area contributed by atoms with Gasteiger partial charge in [-0.1, -0.05) is 13.8 Å². The number of hydrogen-bond donors (Lipinski definition) is 1. The normalized spacial score (nSPS) is 39.9. The van der Waals surface area contributed by atoms with Crippen LogP contribution in [0.5, 0.6) is 0 Å². The molecule has 1 saturated carbocycles. The smallest absolute Gasteiger partial charge is 0.107 e. The topological polar surface area (TPSA) is 32.8 Å². The number of hydrogen-bond acceptors (Lipinski definition) is 2. The van der Waals surface area contributed by atoms with Gasteiger partial charge in [0.15, 0.2) is 0 Å². The molecule has 2 fully saturated rings. The lowest BCUT2D eigenvalue weighted by Gasteiger charge is -2.32. The van der Waals surface area contributed by atoms with Crippen molar-refractivity contribution in [3.05, 3.63) is 0 Å². The molecule has 2 heteroatoms. The van der Waals surface area contributed by atoms with Crippen molar-refractivity contribution in [1.29, 1.82) is 0 Å². The van der Waals surface area contributed by atoms with Crippen LogP contribution < -0.4 is 0 Å². The number of rotatable bonds is 3.